The molecule has 23 heavy (non-hydrogen) atoms. The van der Waals surface area contributed by atoms with E-state index in [0.29, 0.717) is 12.2 Å². The van der Waals surface area contributed by atoms with Gasteiger partial charge in [-0.25, -0.2) is 13.1 Å². The minimum Gasteiger partial charge on any atom is -0.363 e. The number of nitro groups is 1. The monoisotopic (exact) mass is 336 g/mol. The molecule has 0 atom stereocenters. The lowest BCUT2D eigenvalue weighted by Crippen LogP contribution is -2.21. The first-order valence-corrected chi connectivity index (χ1v) is 8.16. The summed E-state index contributed by atoms with van der Waals surface area (Å²) in [6, 6.07) is 9.23. The average Bonchev–Trinajstić information content (AvgIpc) is 2.55. The summed E-state index contributed by atoms with van der Waals surface area (Å²) >= 11 is 0. The van der Waals surface area contributed by atoms with E-state index in [1.165, 1.54) is 19.2 Å². The summed E-state index contributed by atoms with van der Waals surface area (Å²) < 4.78 is 25.7. The smallest absolute Gasteiger partial charge is 0.293 e. The molecule has 0 amide bonds. The molecular weight excluding hydrogens is 320 g/mol. The van der Waals surface area contributed by atoms with Gasteiger partial charge >= 0.3 is 0 Å². The lowest BCUT2D eigenvalue weighted by atomic mass is 10.2. The lowest BCUT2D eigenvalue weighted by molar-refractivity contribution is -0.384. The van der Waals surface area contributed by atoms with Crippen molar-refractivity contribution in [3.05, 3.63) is 58.4 Å². The Labute approximate surface area is 134 Å². The Balaban J connectivity index is 2.40. The zero-order valence-corrected chi connectivity index (χ0v) is 13.4. The minimum absolute atomic E-state index is 0.151. The first kappa shape index (κ1) is 16.8. The number of anilines is 1. The van der Waals surface area contributed by atoms with Crippen LogP contribution in [0.1, 0.15) is 5.69 Å². The second-order valence-electron chi connectivity index (χ2n) is 4.79. The third kappa shape index (κ3) is 3.82. The first-order valence-electron chi connectivity index (χ1n) is 6.68. The molecule has 0 bridgehead atoms. The number of sulfonamides is 1. The molecule has 1 aromatic carbocycles. The van der Waals surface area contributed by atoms with E-state index in [2.05, 4.69) is 9.71 Å². The SMILES string of the molecule is CNS(=O)(=O)c1ccc(N(C)Cc2ccccn2)c([N+](=O)[O-])c1. The minimum atomic E-state index is -3.74. The molecule has 0 aliphatic carbocycles. The maximum Gasteiger partial charge on any atom is 0.293 e. The molecule has 0 saturated heterocycles. The summed E-state index contributed by atoms with van der Waals surface area (Å²) in [5.74, 6) is 0. The fourth-order valence-electron chi connectivity index (χ4n) is 2.08. The Hall–Kier alpha value is -2.52. The number of nitrogens with one attached hydrogen (secondary N) is 1. The molecule has 8 nitrogen and oxygen atoms in total. The van der Waals surface area contributed by atoms with E-state index >= 15 is 0 Å². The topological polar surface area (TPSA) is 105 Å². The largest absolute Gasteiger partial charge is 0.363 e. The molecule has 0 spiro atoms. The van der Waals surface area contributed by atoms with Crippen LogP contribution >= 0.6 is 0 Å². The van der Waals surface area contributed by atoms with Crippen LogP contribution in [0, 0.1) is 10.1 Å². The maximum absolute atomic E-state index is 11.8. The van der Waals surface area contributed by atoms with Gasteiger partial charge in [0.2, 0.25) is 10.0 Å². The average molecular weight is 336 g/mol. The van der Waals surface area contributed by atoms with Crippen LogP contribution in [0.15, 0.2) is 47.5 Å². The fourth-order valence-corrected chi connectivity index (χ4v) is 2.83. The summed E-state index contributed by atoms with van der Waals surface area (Å²) in [5, 5.41) is 11.3. The Bertz CT molecular complexity index is 809. The van der Waals surface area contributed by atoms with Gasteiger partial charge in [0.15, 0.2) is 0 Å². The van der Waals surface area contributed by atoms with Crippen molar-refractivity contribution in [2.75, 3.05) is 19.0 Å². The highest BCUT2D eigenvalue weighted by molar-refractivity contribution is 7.89. The van der Waals surface area contributed by atoms with Crippen LogP contribution in [-0.2, 0) is 16.6 Å². The normalized spacial score (nSPS) is 11.2. The van der Waals surface area contributed by atoms with Crippen molar-refractivity contribution in [2.24, 2.45) is 0 Å². The van der Waals surface area contributed by atoms with E-state index in [0.717, 1.165) is 11.8 Å². The molecule has 1 heterocycles. The molecular formula is C14H16N4O4S. The van der Waals surface area contributed by atoms with Crippen LogP contribution in [0.25, 0.3) is 0 Å². The predicted molar refractivity (Wildman–Crippen MR) is 85.7 cm³/mol. The van der Waals surface area contributed by atoms with Gasteiger partial charge in [-0.3, -0.25) is 15.1 Å². The number of hydrogen-bond acceptors (Lipinski definition) is 6. The van der Waals surface area contributed by atoms with Gasteiger partial charge < -0.3 is 4.90 Å². The van der Waals surface area contributed by atoms with Gasteiger partial charge in [-0.15, -0.1) is 0 Å². The van der Waals surface area contributed by atoms with Crippen LogP contribution < -0.4 is 9.62 Å². The highest BCUT2D eigenvalue weighted by Gasteiger charge is 2.22. The summed E-state index contributed by atoms with van der Waals surface area (Å²) in [7, 11) is -0.805. The zero-order chi connectivity index (χ0) is 17.0. The summed E-state index contributed by atoms with van der Waals surface area (Å²) in [6.07, 6.45) is 1.64. The standard InChI is InChI=1S/C14H16N4O4S/c1-15-23(21,22)12-6-7-13(14(9-12)18(19)20)17(2)10-11-5-3-4-8-16-11/h3-9,15H,10H2,1-2H3. The van der Waals surface area contributed by atoms with E-state index in [-0.39, 0.29) is 10.6 Å². The van der Waals surface area contributed by atoms with Crippen molar-refractivity contribution < 1.29 is 13.3 Å². The number of rotatable bonds is 6. The Morgan fingerprint density at radius 1 is 1.30 bits per heavy atom. The van der Waals surface area contributed by atoms with Gasteiger partial charge in [-0.05, 0) is 31.3 Å². The predicted octanol–water partition coefficient (Wildman–Crippen LogP) is 1.53. The van der Waals surface area contributed by atoms with E-state index in [1.807, 2.05) is 12.1 Å². The molecule has 9 heteroatoms. The number of benzene rings is 1. The quantitative estimate of drug-likeness (QED) is 0.633. The van der Waals surface area contributed by atoms with E-state index in [1.54, 1.807) is 24.2 Å². The van der Waals surface area contributed by atoms with Crippen LogP contribution in [0.2, 0.25) is 0 Å². The van der Waals surface area contributed by atoms with Crippen molar-refractivity contribution in [1.29, 1.82) is 0 Å². The number of nitro benzene ring substituents is 1. The van der Waals surface area contributed by atoms with Gasteiger partial charge in [0.1, 0.15) is 5.69 Å². The zero-order valence-electron chi connectivity index (χ0n) is 12.6. The van der Waals surface area contributed by atoms with E-state index in [4.69, 9.17) is 0 Å². The molecule has 0 fully saturated rings. The van der Waals surface area contributed by atoms with Crippen molar-refractivity contribution in [2.45, 2.75) is 11.4 Å². The Morgan fingerprint density at radius 2 is 2.04 bits per heavy atom. The molecule has 0 aliphatic rings. The van der Waals surface area contributed by atoms with Crippen molar-refractivity contribution in [3.63, 3.8) is 0 Å². The molecule has 1 aromatic heterocycles. The lowest BCUT2D eigenvalue weighted by Gasteiger charge is -2.19. The van der Waals surface area contributed by atoms with Crippen LogP contribution in [0.4, 0.5) is 11.4 Å². The first-order chi connectivity index (χ1) is 10.8. The summed E-state index contributed by atoms with van der Waals surface area (Å²) in [6.45, 7) is 0.361. The Morgan fingerprint density at radius 3 is 2.61 bits per heavy atom. The number of pyridine rings is 1. The molecule has 2 rings (SSSR count). The van der Waals surface area contributed by atoms with Gasteiger partial charge in [-0.1, -0.05) is 6.07 Å². The Kier molecular flexibility index (Phi) is 4.92. The van der Waals surface area contributed by atoms with E-state index < -0.39 is 14.9 Å². The van der Waals surface area contributed by atoms with Crippen LogP contribution in [0.3, 0.4) is 0 Å². The third-order valence-electron chi connectivity index (χ3n) is 3.26. The number of nitrogens with zero attached hydrogens (tertiary/aromatic N) is 3. The highest BCUT2D eigenvalue weighted by atomic mass is 32.2. The molecule has 1 N–H and O–H groups in total. The van der Waals surface area contributed by atoms with Crippen molar-refractivity contribution in [1.82, 2.24) is 9.71 Å². The van der Waals surface area contributed by atoms with Gasteiger partial charge in [0.25, 0.3) is 5.69 Å². The molecule has 2 aromatic rings. The molecule has 122 valence electrons. The second kappa shape index (κ2) is 6.71. The molecule has 0 aliphatic heterocycles. The number of hydrogen-bond donors (Lipinski definition) is 1. The highest BCUT2D eigenvalue weighted by Crippen LogP contribution is 2.30. The molecule has 0 saturated carbocycles. The molecule has 0 unspecified atom stereocenters. The number of aromatic nitrogens is 1. The van der Waals surface area contributed by atoms with Crippen LogP contribution in [0.5, 0.6) is 0 Å². The second-order valence-corrected chi connectivity index (χ2v) is 6.68. The fraction of sp³-hybridized carbons (Fsp3) is 0.214. The van der Waals surface area contributed by atoms with Crippen LogP contribution in [-0.4, -0.2) is 32.4 Å². The van der Waals surface area contributed by atoms with Crippen molar-refractivity contribution in [3.8, 4) is 0 Å². The van der Waals surface area contributed by atoms with Gasteiger partial charge in [0.05, 0.1) is 22.1 Å². The third-order valence-corrected chi connectivity index (χ3v) is 4.67. The van der Waals surface area contributed by atoms with Gasteiger partial charge in [0, 0.05) is 19.3 Å². The maximum atomic E-state index is 11.8. The van der Waals surface area contributed by atoms with Crippen molar-refractivity contribution >= 4 is 21.4 Å². The molecule has 0 radical (unpaired) electrons. The summed E-state index contributed by atoms with van der Waals surface area (Å²) in [4.78, 5) is 16.4. The van der Waals surface area contributed by atoms with Gasteiger partial charge in [-0.2, -0.15) is 0 Å². The summed E-state index contributed by atoms with van der Waals surface area (Å²) in [5.41, 5.74) is 0.784. The van der Waals surface area contributed by atoms with E-state index in [9.17, 15) is 18.5 Å².